The Morgan fingerprint density at radius 2 is 1.79 bits per heavy atom. The van der Waals surface area contributed by atoms with Gasteiger partial charge in [-0.25, -0.2) is 4.68 Å². The molecule has 0 saturated heterocycles. The van der Waals surface area contributed by atoms with Crippen molar-refractivity contribution in [1.82, 2.24) is 19.9 Å². The Hall–Kier alpha value is -0.750. The Balaban J connectivity index is 3.30. The third kappa shape index (κ3) is 2.74. The van der Waals surface area contributed by atoms with Crippen LogP contribution in [-0.4, -0.2) is 44.3 Å². The van der Waals surface area contributed by atoms with Crippen LogP contribution >= 0.6 is 15.9 Å². The molecule has 0 aliphatic rings. The van der Waals surface area contributed by atoms with E-state index in [9.17, 15) is 4.79 Å². The molecular weight excluding hydrogens is 308 g/mol. The quantitative estimate of drug-likeness (QED) is 0.721. The minimum absolute atomic E-state index is 0.0978. The lowest BCUT2D eigenvalue weighted by atomic mass is 9.84. The number of aryl methyl sites for hydroxylation is 1. The van der Waals surface area contributed by atoms with E-state index in [0.29, 0.717) is 10.3 Å². The molecule has 0 aliphatic carbocycles. The molecule has 0 fully saturated rings. The molecule has 0 aromatic carbocycles. The molecule has 0 amide bonds. The first-order valence-electron chi connectivity index (χ1n) is 6.83. The molecule has 1 aromatic heterocycles. The van der Waals surface area contributed by atoms with Crippen molar-refractivity contribution in [3.8, 4) is 0 Å². The molecule has 0 N–H and O–H groups in total. The first-order valence-corrected chi connectivity index (χ1v) is 7.62. The summed E-state index contributed by atoms with van der Waals surface area (Å²) in [4.78, 5) is 15.2. The predicted molar refractivity (Wildman–Crippen MR) is 79.3 cm³/mol. The van der Waals surface area contributed by atoms with Crippen LogP contribution in [0.25, 0.3) is 0 Å². The number of hydrogen-bond acceptors (Lipinski definition) is 4. The average Bonchev–Trinajstić information content (AvgIpc) is 2.75. The van der Waals surface area contributed by atoms with Gasteiger partial charge in [-0.3, -0.25) is 9.69 Å². The van der Waals surface area contributed by atoms with Crippen molar-refractivity contribution in [3.05, 3.63) is 10.3 Å². The lowest BCUT2D eigenvalue weighted by Gasteiger charge is -2.40. The minimum Gasteiger partial charge on any atom is -0.291 e. The highest BCUT2D eigenvalue weighted by molar-refractivity contribution is 9.10. The van der Waals surface area contributed by atoms with Crippen molar-refractivity contribution in [3.63, 3.8) is 0 Å². The summed E-state index contributed by atoms with van der Waals surface area (Å²) in [5.74, 6) is 0.0978. The average molecular weight is 331 g/mol. The molecule has 0 unspecified atom stereocenters. The number of rotatable bonds is 7. The molecule has 1 aromatic rings. The number of aromatic nitrogens is 3. The monoisotopic (exact) mass is 330 g/mol. The van der Waals surface area contributed by atoms with E-state index in [2.05, 4.69) is 58.8 Å². The lowest BCUT2D eigenvalue weighted by Crippen LogP contribution is -2.54. The number of Topliss-reactive ketones (excluding diaryl/α,β-unsaturated/α-hetero) is 1. The van der Waals surface area contributed by atoms with Gasteiger partial charge in [-0.2, -0.15) is 0 Å². The first kappa shape index (κ1) is 16.3. The van der Waals surface area contributed by atoms with Crippen LogP contribution in [0.15, 0.2) is 4.60 Å². The maximum Gasteiger partial charge on any atom is 0.203 e. The van der Waals surface area contributed by atoms with Crippen LogP contribution in [0.2, 0.25) is 0 Å². The zero-order valence-corrected chi connectivity index (χ0v) is 14.0. The molecule has 1 rings (SSSR count). The standard InChI is InChI=1S/C13H23BrN4O/c1-6-13(7-2,18(8-3)9-4)11(19)10-12(14)15-16-17(10)5/h6-9H2,1-5H3. The molecule has 1 heterocycles. The van der Waals surface area contributed by atoms with E-state index in [1.165, 1.54) is 0 Å². The highest BCUT2D eigenvalue weighted by Gasteiger charge is 2.42. The van der Waals surface area contributed by atoms with Gasteiger partial charge in [0.05, 0.1) is 5.54 Å². The van der Waals surface area contributed by atoms with Crippen LogP contribution in [0.5, 0.6) is 0 Å². The van der Waals surface area contributed by atoms with Gasteiger partial charge in [-0.15, -0.1) is 5.10 Å². The van der Waals surface area contributed by atoms with Gasteiger partial charge >= 0.3 is 0 Å². The fourth-order valence-corrected chi connectivity index (χ4v) is 3.29. The van der Waals surface area contributed by atoms with Crippen molar-refractivity contribution >= 4 is 21.7 Å². The second-order valence-corrected chi connectivity index (χ2v) is 5.34. The second kappa shape index (κ2) is 6.61. The zero-order valence-electron chi connectivity index (χ0n) is 12.4. The topological polar surface area (TPSA) is 51.0 Å². The summed E-state index contributed by atoms with van der Waals surface area (Å²) in [7, 11) is 1.75. The second-order valence-electron chi connectivity index (χ2n) is 4.59. The molecular formula is C13H23BrN4O. The lowest BCUT2D eigenvalue weighted by molar-refractivity contribution is 0.0524. The fourth-order valence-electron chi connectivity index (χ4n) is 2.78. The van der Waals surface area contributed by atoms with Gasteiger partial charge in [0, 0.05) is 7.05 Å². The van der Waals surface area contributed by atoms with Crippen molar-refractivity contribution in [2.75, 3.05) is 13.1 Å². The summed E-state index contributed by atoms with van der Waals surface area (Å²) in [5.41, 5.74) is 0.0807. The van der Waals surface area contributed by atoms with E-state index < -0.39 is 5.54 Å². The number of hydrogen-bond donors (Lipinski definition) is 0. The Morgan fingerprint density at radius 1 is 1.26 bits per heavy atom. The summed E-state index contributed by atoms with van der Waals surface area (Å²) in [5, 5.41) is 7.83. The molecule has 0 saturated carbocycles. The smallest absolute Gasteiger partial charge is 0.203 e. The Labute approximate surface area is 123 Å². The first-order chi connectivity index (χ1) is 8.98. The van der Waals surface area contributed by atoms with E-state index in [-0.39, 0.29) is 5.78 Å². The Bertz CT molecular complexity index is 416. The van der Waals surface area contributed by atoms with Crippen LogP contribution in [0.4, 0.5) is 0 Å². The highest BCUT2D eigenvalue weighted by Crippen LogP contribution is 2.30. The normalized spacial score (nSPS) is 12.2. The van der Waals surface area contributed by atoms with E-state index in [1.54, 1.807) is 11.7 Å². The summed E-state index contributed by atoms with van der Waals surface area (Å²) in [6.07, 6.45) is 1.56. The molecule has 0 radical (unpaired) electrons. The van der Waals surface area contributed by atoms with Crippen LogP contribution in [0.1, 0.15) is 51.0 Å². The number of ketones is 1. The largest absolute Gasteiger partial charge is 0.291 e. The van der Waals surface area contributed by atoms with Crippen molar-refractivity contribution in [1.29, 1.82) is 0 Å². The molecule has 19 heavy (non-hydrogen) atoms. The van der Waals surface area contributed by atoms with Crippen molar-refractivity contribution < 1.29 is 4.79 Å². The van der Waals surface area contributed by atoms with Gasteiger partial charge in [0.25, 0.3) is 0 Å². The Morgan fingerprint density at radius 3 is 2.11 bits per heavy atom. The molecule has 0 aliphatic heterocycles. The summed E-state index contributed by atoms with van der Waals surface area (Å²) in [6, 6.07) is 0. The van der Waals surface area contributed by atoms with Gasteiger partial charge < -0.3 is 0 Å². The van der Waals surface area contributed by atoms with Gasteiger partial charge in [-0.05, 0) is 41.9 Å². The van der Waals surface area contributed by atoms with Crippen LogP contribution < -0.4 is 0 Å². The number of carbonyl (C=O) groups is 1. The maximum absolute atomic E-state index is 13.0. The van der Waals surface area contributed by atoms with Crippen molar-refractivity contribution in [2.24, 2.45) is 7.05 Å². The van der Waals surface area contributed by atoms with Crippen LogP contribution in [-0.2, 0) is 7.05 Å². The molecule has 0 spiro atoms. The molecule has 108 valence electrons. The number of halogens is 1. The fraction of sp³-hybridized carbons (Fsp3) is 0.769. The molecule has 6 heteroatoms. The Kier molecular flexibility index (Phi) is 5.67. The van der Waals surface area contributed by atoms with E-state index in [1.807, 2.05) is 0 Å². The van der Waals surface area contributed by atoms with Gasteiger partial charge in [0.2, 0.25) is 5.78 Å². The summed E-state index contributed by atoms with van der Waals surface area (Å²) < 4.78 is 2.08. The molecule has 0 bridgehead atoms. The van der Waals surface area contributed by atoms with E-state index >= 15 is 0 Å². The number of nitrogens with zero attached hydrogens (tertiary/aromatic N) is 4. The number of likely N-dealkylation sites (N-methyl/N-ethyl adjacent to an activating group) is 1. The highest BCUT2D eigenvalue weighted by atomic mass is 79.9. The maximum atomic E-state index is 13.0. The predicted octanol–water partition coefficient (Wildman–Crippen LogP) is 2.66. The van der Waals surface area contributed by atoms with E-state index in [4.69, 9.17) is 0 Å². The van der Waals surface area contributed by atoms with Gasteiger partial charge in [-0.1, -0.05) is 32.9 Å². The van der Waals surface area contributed by atoms with E-state index in [0.717, 1.165) is 25.9 Å². The van der Waals surface area contributed by atoms with Crippen molar-refractivity contribution in [2.45, 2.75) is 46.1 Å². The van der Waals surface area contributed by atoms with Gasteiger partial charge in [0.15, 0.2) is 4.60 Å². The summed E-state index contributed by atoms with van der Waals surface area (Å²) >= 11 is 3.33. The SMILES string of the molecule is CCN(CC)C(CC)(CC)C(=O)c1c(Br)nnn1C. The zero-order chi connectivity index (χ0) is 14.6. The molecule has 5 nitrogen and oxygen atoms in total. The minimum atomic E-state index is -0.471. The van der Waals surface area contributed by atoms with Crippen LogP contribution in [0, 0.1) is 0 Å². The summed E-state index contributed by atoms with van der Waals surface area (Å²) in [6.45, 7) is 10.0. The third-order valence-corrected chi connectivity index (χ3v) is 4.50. The van der Waals surface area contributed by atoms with Crippen LogP contribution in [0.3, 0.4) is 0 Å². The number of carbonyl (C=O) groups excluding carboxylic acids is 1. The van der Waals surface area contributed by atoms with Gasteiger partial charge in [0.1, 0.15) is 5.69 Å². The third-order valence-electron chi connectivity index (χ3n) is 3.96. The molecule has 0 atom stereocenters.